The van der Waals surface area contributed by atoms with Crippen molar-refractivity contribution in [3.63, 3.8) is 0 Å². The first kappa shape index (κ1) is 21.0. The predicted octanol–water partition coefficient (Wildman–Crippen LogP) is 4.33. The van der Waals surface area contributed by atoms with E-state index in [0.717, 1.165) is 46.4 Å². The van der Waals surface area contributed by atoms with Gasteiger partial charge in [-0.1, -0.05) is 36.9 Å². The second-order valence-corrected chi connectivity index (χ2v) is 10.2. The van der Waals surface area contributed by atoms with Gasteiger partial charge in [0.05, 0.1) is 22.5 Å². The fourth-order valence-corrected chi connectivity index (χ4v) is 6.17. The monoisotopic (exact) mass is 465 g/mol. The Balaban J connectivity index is 1.31. The van der Waals surface area contributed by atoms with Crippen LogP contribution in [0.1, 0.15) is 29.5 Å². The van der Waals surface area contributed by atoms with Gasteiger partial charge in [0.25, 0.3) is 5.56 Å². The molecule has 3 heterocycles. The highest BCUT2D eigenvalue weighted by molar-refractivity contribution is 7.99. The van der Waals surface area contributed by atoms with Crippen molar-refractivity contribution < 1.29 is 4.79 Å². The molecule has 9 heteroatoms. The third-order valence-electron chi connectivity index (χ3n) is 5.58. The van der Waals surface area contributed by atoms with E-state index >= 15 is 0 Å². The molecular weight excluding hydrogens is 442 g/mol. The Hall–Kier alpha value is -2.91. The van der Waals surface area contributed by atoms with Gasteiger partial charge in [-0.2, -0.15) is 5.10 Å². The second kappa shape index (κ2) is 8.55. The summed E-state index contributed by atoms with van der Waals surface area (Å²) in [6, 6.07) is 11.5. The third kappa shape index (κ3) is 4.10. The smallest absolute Gasteiger partial charge is 0.260 e. The molecule has 0 fully saturated rings. The lowest BCUT2D eigenvalue weighted by atomic mass is 9.89. The Kier molecular flexibility index (Phi) is 5.60. The summed E-state index contributed by atoms with van der Waals surface area (Å²) >= 11 is 2.84. The molecule has 0 saturated carbocycles. The van der Waals surface area contributed by atoms with Gasteiger partial charge < -0.3 is 10.3 Å². The number of amides is 1. The van der Waals surface area contributed by atoms with Crippen LogP contribution < -0.4 is 10.9 Å². The zero-order valence-corrected chi connectivity index (χ0v) is 19.5. The van der Waals surface area contributed by atoms with Gasteiger partial charge in [-0.25, -0.2) is 9.67 Å². The van der Waals surface area contributed by atoms with E-state index in [4.69, 9.17) is 0 Å². The molecule has 5 rings (SSSR count). The number of benzene rings is 1. The van der Waals surface area contributed by atoms with Gasteiger partial charge >= 0.3 is 0 Å². The summed E-state index contributed by atoms with van der Waals surface area (Å²) in [5.74, 6) is 1.20. The lowest BCUT2D eigenvalue weighted by molar-refractivity contribution is -0.113. The van der Waals surface area contributed by atoms with Crippen LogP contribution in [0.15, 0.2) is 46.3 Å². The van der Waals surface area contributed by atoms with Crippen molar-refractivity contribution in [1.82, 2.24) is 19.7 Å². The maximum atomic E-state index is 12.7. The van der Waals surface area contributed by atoms with Crippen LogP contribution in [-0.4, -0.2) is 31.4 Å². The normalized spacial score (nSPS) is 15.6. The molecule has 0 aliphatic heterocycles. The topological polar surface area (TPSA) is 92.7 Å². The van der Waals surface area contributed by atoms with Crippen molar-refractivity contribution in [2.24, 2.45) is 5.92 Å². The van der Waals surface area contributed by atoms with Gasteiger partial charge in [0.2, 0.25) is 5.91 Å². The van der Waals surface area contributed by atoms with Crippen molar-refractivity contribution in [1.29, 1.82) is 0 Å². The standard InChI is InChI=1S/C23H23N5O2S2/c1-13-8-9-16-17(10-13)32-22-20(16)21(30)25-23(26-22)31-12-19(29)24-18-11-14(2)27-28(18)15-6-4-3-5-7-15/h3-7,11,13H,8-10,12H2,1-2H3,(H,24,29)(H,25,26,30)/t13-/m1/s1. The molecule has 1 amide bonds. The molecule has 4 aromatic rings. The Labute approximate surface area is 193 Å². The summed E-state index contributed by atoms with van der Waals surface area (Å²) in [7, 11) is 0. The summed E-state index contributed by atoms with van der Waals surface area (Å²) in [6.07, 6.45) is 3.05. The van der Waals surface area contributed by atoms with Crippen molar-refractivity contribution in [3.8, 4) is 5.69 Å². The minimum absolute atomic E-state index is 0.109. The molecule has 1 aliphatic rings. The lowest BCUT2D eigenvalue weighted by Crippen LogP contribution is -2.18. The second-order valence-electron chi connectivity index (χ2n) is 8.16. The van der Waals surface area contributed by atoms with Crippen LogP contribution in [0.3, 0.4) is 0 Å². The molecule has 0 spiro atoms. The first-order valence-corrected chi connectivity index (χ1v) is 12.4. The molecule has 2 N–H and O–H groups in total. The number of rotatable bonds is 5. The van der Waals surface area contributed by atoms with Crippen LogP contribution in [0.5, 0.6) is 0 Å². The van der Waals surface area contributed by atoms with Gasteiger partial charge in [-0.05, 0) is 49.8 Å². The van der Waals surface area contributed by atoms with E-state index < -0.39 is 0 Å². The molecule has 0 unspecified atom stereocenters. The van der Waals surface area contributed by atoms with Gasteiger partial charge in [-0.3, -0.25) is 9.59 Å². The number of fused-ring (bicyclic) bond motifs is 3. The largest absolute Gasteiger partial charge is 0.310 e. The van der Waals surface area contributed by atoms with E-state index in [2.05, 4.69) is 27.3 Å². The molecule has 164 valence electrons. The van der Waals surface area contributed by atoms with Gasteiger partial charge in [0, 0.05) is 10.9 Å². The third-order valence-corrected chi connectivity index (χ3v) is 7.61. The number of para-hydroxylation sites is 1. The predicted molar refractivity (Wildman–Crippen MR) is 129 cm³/mol. The summed E-state index contributed by atoms with van der Waals surface area (Å²) in [5.41, 5.74) is 2.73. The number of thiophene rings is 1. The maximum absolute atomic E-state index is 12.7. The first-order chi connectivity index (χ1) is 15.5. The highest BCUT2D eigenvalue weighted by Crippen LogP contribution is 2.36. The summed E-state index contributed by atoms with van der Waals surface area (Å²) < 4.78 is 1.71. The number of nitrogens with zero attached hydrogens (tertiary/aromatic N) is 3. The molecule has 1 atom stereocenters. The summed E-state index contributed by atoms with van der Waals surface area (Å²) in [5, 5.41) is 8.59. The van der Waals surface area contributed by atoms with Crippen LogP contribution >= 0.6 is 23.1 Å². The van der Waals surface area contributed by atoms with E-state index in [1.165, 1.54) is 16.6 Å². The quantitative estimate of drug-likeness (QED) is 0.338. The number of nitrogens with one attached hydrogen (secondary N) is 2. The number of aromatic amines is 1. The number of thioether (sulfide) groups is 1. The highest BCUT2D eigenvalue weighted by atomic mass is 32.2. The average Bonchev–Trinajstić information content (AvgIpc) is 3.32. The molecule has 0 bridgehead atoms. The van der Waals surface area contributed by atoms with Gasteiger partial charge in [-0.15, -0.1) is 11.3 Å². The van der Waals surface area contributed by atoms with E-state index in [9.17, 15) is 9.59 Å². The number of anilines is 1. The van der Waals surface area contributed by atoms with Crippen LogP contribution in [0.25, 0.3) is 15.9 Å². The maximum Gasteiger partial charge on any atom is 0.260 e. The SMILES string of the molecule is Cc1cc(NC(=O)CSc2nc3sc4c(c3c(=O)[nH]2)CC[C@@H](C)C4)n(-c2ccccc2)n1. The van der Waals surface area contributed by atoms with Gasteiger partial charge in [0.1, 0.15) is 10.6 Å². The number of aromatic nitrogens is 4. The van der Waals surface area contributed by atoms with E-state index in [0.29, 0.717) is 16.9 Å². The molecule has 32 heavy (non-hydrogen) atoms. The molecule has 0 radical (unpaired) electrons. The van der Waals surface area contributed by atoms with E-state index in [1.807, 2.05) is 43.3 Å². The number of aryl methyl sites for hydroxylation is 2. The lowest BCUT2D eigenvalue weighted by Gasteiger charge is -2.17. The number of hydrogen-bond donors (Lipinski definition) is 2. The molecule has 3 aromatic heterocycles. The van der Waals surface area contributed by atoms with Gasteiger partial charge in [0.15, 0.2) is 5.16 Å². The fraction of sp³-hybridized carbons (Fsp3) is 0.304. The van der Waals surface area contributed by atoms with E-state index in [-0.39, 0.29) is 17.2 Å². The molecular formula is C23H23N5O2S2. The molecule has 7 nitrogen and oxygen atoms in total. The van der Waals surface area contributed by atoms with Crippen molar-refractivity contribution in [2.45, 2.75) is 38.3 Å². The van der Waals surface area contributed by atoms with Crippen molar-refractivity contribution in [2.75, 3.05) is 11.1 Å². The first-order valence-electron chi connectivity index (χ1n) is 10.6. The number of hydrogen-bond acceptors (Lipinski definition) is 6. The Bertz CT molecular complexity index is 1360. The van der Waals surface area contributed by atoms with Crippen LogP contribution in [0, 0.1) is 12.8 Å². The number of carbonyl (C=O) groups is 1. The Morgan fingerprint density at radius 3 is 2.97 bits per heavy atom. The van der Waals surface area contributed by atoms with Crippen molar-refractivity contribution >= 4 is 45.0 Å². The minimum Gasteiger partial charge on any atom is -0.310 e. The van der Waals surface area contributed by atoms with Crippen LogP contribution in [-0.2, 0) is 17.6 Å². The Morgan fingerprint density at radius 1 is 1.34 bits per heavy atom. The van der Waals surface area contributed by atoms with Crippen LogP contribution in [0.4, 0.5) is 5.82 Å². The number of carbonyl (C=O) groups excluding carboxylic acids is 1. The minimum atomic E-state index is -0.186. The Morgan fingerprint density at radius 2 is 2.16 bits per heavy atom. The molecule has 1 aliphatic carbocycles. The molecule has 0 saturated heterocycles. The van der Waals surface area contributed by atoms with Crippen LogP contribution in [0.2, 0.25) is 0 Å². The highest BCUT2D eigenvalue weighted by Gasteiger charge is 2.23. The summed E-state index contributed by atoms with van der Waals surface area (Å²) in [6.45, 7) is 4.13. The summed E-state index contributed by atoms with van der Waals surface area (Å²) in [4.78, 5) is 34.9. The number of H-pyrrole nitrogens is 1. The zero-order chi connectivity index (χ0) is 22.2. The fourth-order valence-electron chi connectivity index (χ4n) is 4.06. The molecule has 1 aromatic carbocycles. The average molecular weight is 466 g/mol. The zero-order valence-electron chi connectivity index (χ0n) is 17.8. The van der Waals surface area contributed by atoms with E-state index in [1.54, 1.807) is 16.0 Å². The van der Waals surface area contributed by atoms with Crippen molar-refractivity contribution in [3.05, 3.63) is 62.9 Å².